The van der Waals surface area contributed by atoms with Gasteiger partial charge in [-0.1, -0.05) is 76.6 Å². The maximum absolute atomic E-state index is 11.5. The summed E-state index contributed by atoms with van der Waals surface area (Å²) in [7, 11) is 0. The number of allylic oxidation sites excluding steroid dienone is 2. The molecule has 0 bridgehead atoms. The highest BCUT2D eigenvalue weighted by molar-refractivity contribution is 9.11. The minimum absolute atomic E-state index is 0.232. The van der Waals surface area contributed by atoms with E-state index in [1.807, 2.05) is 66.7 Å². The van der Waals surface area contributed by atoms with Crippen molar-refractivity contribution in [2.45, 2.75) is 17.5 Å². The first kappa shape index (κ1) is 15.8. The van der Waals surface area contributed by atoms with Gasteiger partial charge in [-0.15, -0.1) is 0 Å². The highest BCUT2D eigenvalue weighted by Gasteiger charge is 2.57. The van der Waals surface area contributed by atoms with Crippen molar-refractivity contribution in [2.75, 3.05) is 6.61 Å². The van der Waals surface area contributed by atoms with Crippen LogP contribution in [0.3, 0.4) is 0 Å². The third-order valence-corrected chi connectivity index (χ3v) is 4.99. The third kappa shape index (κ3) is 2.47. The fraction of sp³-hybridized carbons (Fsp3) is 0.200. The van der Waals surface area contributed by atoms with Crippen LogP contribution < -0.4 is 0 Å². The molecule has 0 amide bonds. The monoisotopic (exact) mass is 384 g/mol. The predicted molar refractivity (Wildman–Crippen MR) is 95.4 cm³/mol. The lowest BCUT2D eigenvalue weighted by molar-refractivity contribution is -0.233. The van der Waals surface area contributed by atoms with Crippen LogP contribution in [-0.4, -0.2) is 17.5 Å². The molecular weight excluding hydrogens is 368 g/mol. The van der Waals surface area contributed by atoms with Crippen LogP contribution in [0.2, 0.25) is 0 Å². The molecule has 3 nitrogen and oxygen atoms in total. The van der Waals surface area contributed by atoms with Crippen LogP contribution in [-0.2, 0) is 15.1 Å². The predicted octanol–water partition coefficient (Wildman–Crippen LogP) is 4.21. The fourth-order valence-electron chi connectivity index (χ4n) is 3.23. The molecule has 24 heavy (non-hydrogen) atoms. The summed E-state index contributed by atoms with van der Waals surface area (Å²) < 4.78 is 13.2. The Morgan fingerprint density at radius 1 is 1.00 bits per heavy atom. The van der Waals surface area contributed by atoms with Gasteiger partial charge < -0.3 is 14.6 Å². The van der Waals surface area contributed by atoms with Gasteiger partial charge in [0.25, 0.3) is 0 Å². The Morgan fingerprint density at radius 3 is 2.38 bits per heavy atom. The number of hydrogen-bond donors (Lipinski definition) is 1. The third-order valence-electron chi connectivity index (χ3n) is 4.49. The van der Waals surface area contributed by atoms with Crippen molar-refractivity contribution >= 4 is 15.9 Å². The number of halogens is 1. The molecule has 1 aliphatic heterocycles. The van der Waals surface area contributed by atoms with Crippen molar-refractivity contribution < 1.29 is 14.6 Å². The molecule has 1 aliphatic carbocycles. The van der Waals surface area contributed by atoms with Gasteiger partial charge in [-0.05, 0) is 29.4 Å². The topological polar surface area (TPSA) is 38.7 Å². The van der Waals surface area contributed by atoms with Crippen molar-refractivity contribution in [2.24, 2.45) is 0 Å². The van der Waals surface area contributed by atoms with E-state index in [-0.39, 0.29) is 6.10 Å². The zero-order valence-electron chi connectivity index (χ0n) is 12.9. The molecule has 1 N–H and O–H groups in total. The number of aliphatic hydroxyl groups is 1. The minimum atomic E-state index is -1.39. The quantitative estimate of drug-likeness (QED) is 0.842. The molecule has 2 aliphatic rings. The second kappa shape index (κ2) is 5.97. The van der Waals surface area contributed by atoms with E-state index in [2.05, 4.69) is 15.9 Å². The van der Waals surface area contributed by atoms with Crippen LogP contribution in [0.5, 0.6) is 0 Å². The highest BCUT2D eigenvalue weighted by atomic mass is 79.9. The maximum Gasteiger partial charge on any atom is 0.227 e. The van der Waals surface area contributed by atoms with E-state index >= 15 is 0 Å². The molecule has 0 aromatic heterocycles. The first-order chi connectivity index (χ1) is 11.6. The van der Waals surface area contributed by atoms with Crippen LogP contribution in [0.1, 0.15) is 17.2 Å². The average Bonchev–Trinajstić information content (AvgIpc) is 3.05. The SMILES string of the molecule is O[C@]1(c2ccccc2)C=CC(Br)=C[C@@]12OC[C@@H](c1ccccc1)O2. The molecule has 4 heteroatoms. The average molecular weight is 385 g/mol. The lowest BCUT2D eigenvalue weighted by atomic mass is 9.82. The number of benzene rings is 2. The second-order valence-corrected chi connectivity index (χ2v) is 6.91. The zero-order valence-corrected chi connectivity index (χ0v) is 14.5. The summed E-state index contributed by atoms with van der Waals surface area (Å²) in [6, 6.07) is 19.4. The summed E-state index contributed by atoms with van der Waals surface area (Å²) >= 11 is 3.48. The van der Waals surface area contributed by atoms with Crippen LogP contribution in [0, 0.1) is 0 Å². The summed E-state index contributed by atoms with van der Waals surface area (Å²) in [4.78, 5) is 0. The molecule has 0 saturated carbocycles. The van der Waals surface area contributed by atoms with Gasteiger partial charge in [0.15, 0.2) is 5.60 Å². The van der Waals surface area contributed by atoms with E-state index in [0.717, 1.165) is 15.6 Å². The van der Waals surface area contributed by atoms with Gasteiger partial charge in [-0.2, -0.15) is 0 Å². The molecule has 0 radical (unpaired) electrons. The van der Waals surface area contributed by atoms with E-state index in [4.69, 9.17) is 9.47 Å². The van der Waals surface area contributed by atoms with Crippen LogP contribution in [0.15, 0.2) is 83.4 Å². The molecule has 2 aromatic carbocycles. The van der Waals surface area contributed by atoms with Crippen molar-refractivity contribution in [3.05, 3.63) is 94.5 Å². The van der Waals surface area contributed by atoms with Gasteiger partial charge in [0, 0.05) is 4.48 Å². The molecule has 0 unspecified atom stereocenters. The molecule has 4 rings (SSSR count). The summed E-state index contributed by atoms with van der Waals surface area (Å²) in [5.74, 6) is -1.26. The number of hydrogen-bond acceptors (Lipinski definition) is 3. The van der Waals surface area contributed by atoms with E-state index in [1.165, 1.54) is 0 Å². The Kier molecular flexibility index (Phi) is 3.93. The normalized spacial score (nSPS) is 32.1. The Balaban J connectivity index is 1.75. The van der Waals surface area contributed by atoms with E-state index in [1.54, 1.807) is 12.2 Å². The number of ether oxygens (including phenoxy) is 2. The van der Waals surface area contributed by atoms with Crippen LogP contribution >= 0.6 is 15.9 Å². The minimum Gasteiger partial charge on any atom is -0.375 e. The van der Waals surface area contributed by atoms with Gasteiger partial charge >= 0.3 is 0 Å². The summed E-state index contributed by atoms with van der Waals surface area (Å²) in [5, 5.41) is 11.5. The van der Waals surface area contributed by atoms with Crippen molar-refractivity contribution in [1.29, 1.82) is 0 Å². The van der Waals surface area contributed by atoms with Crippen LogP contribution in [0.4, 0.5) is 0 Å². The molecule has 1 spiro atoms. The Labute approximate surface area is 149 Å². The summed E-state index contributed by atoms with van der Waals surface area (Å²) in [6.45, 7) is 0.379. The van der Waals surface area contributed by atoms with Gasteiger partial charge in [0.2, 0.25) is 5.79 Å². The number of rotatable bonds is 2. The molecule has 1 heterocycles. The Bertz CT molecular complexity index is 787. The molecule has 122 valence electrons. The standard InChI is InChI=1S/C20H17BrO3/c21-17-11-12-19(22,16-9-5-2-6-10-16)20(13-17)23-14-18(24-20)15-7-3-1-4-8-15/h1-13,18,22H,14H2/t18-,19-,20-/m0/s1. The van der Waals surface area contributed by atoms with Gasteiger partial charge in [0.1, 0.15) is 6.10 Å². The molecular formula is C20H17BrO3. The first-order valence-electron chi connectivity index (χ1n) is 7.85. The van der Waals surface area contributed by atoms with E-state index in [9.17, 15) is 5.11 Å². The Morgan fingerprint density at radius 2 is 1.67 bits per heavy atom. The van der Waals surface area contributed by atoms with Gasteiger partial charge in [0.05, 0.1) is 6.61 Å². The summed E-state index contributed by atoms with van der Waals surface area (Å²) in [6.07, 6.45) is 5.10. The molecule has 1 fully saturated rings. The van der Waals surface area contributed by atoms with E-state index < -0.39 is 11.4 Å². The van der Waals surface area contributed by atoms with E-state index in [0.29, 0.717) is 6.61 Å². The first-order valence-corrected chi connectivity index (χ1v) is 8.64. The molecule has 2 aromatic rings. The summed E-state index contributed by atoms with van der Waals surface area (Å²) in [5.41, 5.74) is 0.366. The lowest BCUT2D eigenvalue weighted by Gasteiger charge is -2.41. The Hall–Kier alpha value is -1.72. The molecule has 1 saturated heterocycles. The maximum atomic E-state index is 11.5. The van der Waals surface area contributed by atoms with Gasteiger partial charge in [-0.25, -0.2) is 0 Å². The zero-order chi connectivity index (χ0) is 16.6. The molecule has 3 atom stereocenters. The lowest BCUT2D eigenvalue weighted by Crippen LogP contribution is -2.51. The smallest absolute Gasteiger partial charge is 0.227 e. The van der Waals surface area contributed by atoms with Crippen LogP contribution in [0.25, 0.3) is 0 Å². The van der Waals surface area contributed by atoms with Crippen molar-refractivity contribution in [1.82, 2.24) is 0 Å². The fourth-order valence-corrected chi connectivity index (χ4v) is 3.67. The highest BCUT2D eigenvalue weighted by Crippen LogP contribution is 2.49. The van der Waals surface area contributed by atoms with Crippen molar-refractivity contribution in [3.8, 4) is 0 Å². The largest absolute Gasteiger partial charge is 0.375 e. The second-order valence-electron chi connectivity index (χ2n) is 5.99. The van der Waals surface area contributed by atoms with Gasteiger partial charge in [-0.3, -0.25) is 0 Å². The van der Waals surface area contributed by atoms with Crippen molar-refractivity contribution in [3.63, 3.8) is 0 Å².